The number of ether oxygens (including phenoxy) is 1. The van der Waals surface area contributed by atoms with Crippen LogP contribution >= 0.6 is 0 Å². The molecule has 1 atom stereocenters. The number of hydrogen-bond acceptors (Lipinski definition) is 4. The smallest absolute Gasteiger partial charge is 0.262 e. The van der Waals surface area contributed by atoms with Gasteiger partial charge in [0.1, 0.15) is 6.10 Å². The molecule has 0 spiro atoms. The fraction of sp³-hybridized carbons (Fsp3) is 0.929. The maximum Gasteiger partial charge on any atom is 0.262 e. The molecule has 0 aliphatic heterocycles. The second kappa shape index (κ2) is 6.89. The Morgan fingerprint density at radius 1 is 1.05 bits per heavy atom. The van der Waals surface area contributed by atoms with E-state index in [1.54, 1.807) is 6.92 Å². The topological polar surface area (TPSA) is 72.5 Å². The van der Waals surface area contributed by atoms with E-state index < -0.39 is 27.3 Å². The summed E-state index contributed by atoms with van der Waals surface area (Å²) in [5, 5.41) is -0.392. The maximum atomic E-state index is 11.9. The van der Waals surface area contributed by atoms with Crippen molar-refractivity contribution in [2.24, 2.45) is 0 Å². The van der Waals surface area contributed by atoms with Gasteiger partial charge in [-0.05, 0) is 32.6 Å². The largest absolute Gasteiger partial charge is 0.365 e. The van der Waals surface area contributed by atoms with Gasteiger partial charge in [-0.1, -0.05) is 32.1 Å². The Morgan fingerprint density at radius 3 is 2.15 bits per heavy atom. The van der Waals surface area contributed by atoms with Crippen LogP contribution in [0.25, 0.3) is 0 Å². The monoisotopic (exact) mass is 303 g/mol. The van der Waals surface area contributed by atoms with E-state index in [0.29, 0.717) is 12.8 Å². The maximum absolute atomic E-state index is 11.9. The van der Waals surface area contributed by atoms with Gasteiger partial charge in [0.15, 0.2) is 0 Å². The highest BCUT2D eigenvalue weighted by atomic mass is 32.2. The molecule has 2 aliphatic rings. The zero-order valence-corrected chi connectivity index (χ0v) is 13.0. The summed E-state index contributed by atoms with van der Waals surface area (Å²) in [4.78, 5) is 11.9. The van der Waals surface area contributed by atoms with E-state index in [1.807, 2.05) is 0 Å². The molecular weight excluding hydrogens is 278 g/mol. The van der Waals surface area contributed by atoms with Crippen LogP contribution in [0, 0.1) is 0 Å². The summed E-state index contributed by atoms with van der Waals surface area (Å²) in [5.41, 5.74) is 0. The van der Waals surface area contributed by atoms with Gasteiger partial charge in [0.05, 0.1) is 11.4 Å². The van der Waals surface area contributed by atoms with E-state index in [1.165, 1.54) is 12.8 Å². The highest BCUT2D eigenvalue weighted by molar-refractivity contribution is 7.90. The molecule has 116 valence electrons. The molecule has 2 aliphatic carbocycles. The van der Waals surface area contributed by atoms with Crippen LogP contribution in [0.1, 0.15) is 64.7 Å². The Bertz CT molecular complexity index is 422. The molecule has 5 nitrogen and oxygen atoms in total. The van der Waals surface area contributed by atoms with Gasteiger partial charge < -0.3 is 4.74 Å². The molecule has 6 heteroatoms. The first-order valence-electron chi connectivity index (χ1n) is 7.70. The lowest BCUT2D eigenvalue weighted by molar-refractivity contribution is -0.133. The third-order valence-electron chi connectivity index (χ3n) is 4.30. The molecule has 20 heavy (non-hydrogen) atoms. The lowest BCUT2D eigenvalue weighted by atomic mass is 10.0. The van der Waals surface area contributed by atoms with Crippen LogP contribution in [0.2, 0.25) is 0 Å². The molecule has 0 heterocycles. The summed E-state index contributed by atoms with van der Waals surface area (Å²) < 4.78 is 31.7. The molecule has 0 saturated heterocycles. The van der Waals surface area contributed by atoms with Crippen molar-refractivity contribution in [2.45, 2.75) is 82.2 Å². The number of rotatable bonds is 5. The van der Waals surface area contributed by atoms with Crippen molar-refractivity contribution in [3.63, 3.8) is 0 Å². The van der Waals surface area contributed by atoms with Crippen molar-refractivity contribution in [1.29, 1.82) is 0 Å². The lowest BCUT2D eigenvalue weighted by Crippen LogP contribution is -2.46. The first-order valence-corrected chi connectivity index (χ1v) is 9.24. The molecule has 1 N–H and O–H groups in total. The van der Waals surface area contributed by atoms with Crippen molar-refractivity contribution in [3.05, 3.63) is 0 Å². The van der Waals surface area contributed by atoms with Crippen molar-refractivity contribution in [1.82, 2.24) is 4.72 Å². The number of carbonyl (C=O) groups is 1. The number of sulfonamides is 1. The Morgan fingerprint density at radius 2 is 1.65 bits per heavy atom. The molecular formula is C14H25NO4S. The fourth-order valence-corrected chi connectivity index (χ4v) is 4.28. The summed E-state index contributed by atoms with van der Waals surface area (Å²) >= 11 is 0. The Kier molecular flexibility index (Phi) is 5.43. The minimum absolute atomic E-state index is 0.0876. The van der Waals surface area contributed by atoms with Gasteiger partial charge in [-0.2, -0.15) is 0 Å². The van der Waals surface area contributed by atoms with Crippen molar-refractivity contribution >= 4 is 15.9 Å². The number of amides is 1. The first-order chi connectivity index (χ1) is 9.49. The standard InChI is InChI=1S/C14H25NO4S/c1-11(19-12-7-4-2-3-5-8-12)14(16)15-20(17,18)13-9-6-10-13/h11-13H,2-10H2,1H3,(H,15,16). The quantitative estimate of drug-likeness (QED) is 0.790. The summed E-state index contributed by atoms with van der Waals surface area (Å²) in [6, 6.07) is 0. The molecule has 0 radical (unpaired) electrons. The molecule has 0 aromatic rings. The van der Waals surface area contributed by atoms with E-state index >= 15 is 0 Å². The van der Waals surface area contributed by atoms with Crippen LogP contribution in [-0.4, -0.2) is 31.8 Å². The highest BCUT2D eigenvalue weighted by Gasteiger charge is 2.34. The van der Waals surface area contributed by atoms with Crippen LogP contribution in [-0.2, 0) is 19.6 Å². The highest BCUT2D eigenvalue weighted by Crippen LogP contribution is 2.25. The van der Waals surface area contributed by atoms with Gasteiger partial charge in [0, 0.05) is 0 Å². The molecule has 0 bridgehead atoms. The van der Waals surface area contributed by atoms with Crippen LogP contribution in [0.5, 0.6) is 0 Å². The van der Waals surface area contributed by atoms with E-state index in [2.05, 4.69) is 4.72 Å². The van der Waals surface area contributed by atoms with Crippen molar-refractivity contribution in [3.8, 4) is 0 Å². The summed E-state index contributed by atoms with van der Waals surface area (Å²) in [5.74, 6) is -0.527. The summed E-state index contributed by atoms with van der Waals surface area (Å²) in [6.07, 6.45) is 8.23. The molecule has 0 aromatic heterocycles. The van der Waals surface area contributed by atoms with E-state index in [0.717, 1.165) is 32.1 Å². The molecule has 2 fully saturated rings. The number of nitrogens with one attached hydrogen (secondary N) is 1. The zero-order chi connectivity index (χ0) is 14.6. The van der Waals surface area contributed by atoms with Crippen LogP contribution in [0.3, 0.4) is 0 Å². The van der Waals surface area contributed by atoms with Gasteiger partial charge in [-0.25, -0.2) is 8.42 Å². The summed E-state index contributed by atoms with van der Waals surface area (Å²) in [6.45, 7) is 1.64. The van der Waals surface area contributed by atoms with E-state index in [-0.39, 0.29) is 6.10 Å². The SMILES string of the molecule is CC(OC1CCCCCC1)C(=O)NS(=O)(=O)C1CCC1. The van der Waals surface area contributed by atoms with Crippen molar-refractivity contribution in [2.75, 3.05) is 0 Å². The average molecular weight is 303 g/mol. The zero-order valence-electron chi connectivity index (χ0n) is 12.1. The minimum atomic E-state index is -3.50. The molecule has 2 rings (SSSR count). The van der Waals surface area contributed by atoms with Gasteiger partial charge in [-0.15, -0.1) is 0 Å². The average Bonchev–Trinajstić information content (AvgIpc) is 2.53. The Hall–Kier alpha value is -0.620. The molecule has 1 unspecified atom stereocenters. The fourth-order valence-electron chi connectivity index (χ4n) is 2.72. The molecule has 2 saturated carbocycles. The second-order valence-corrected chi connectivity index (χ2v) is 7.92. The van der Waals surface area contributed by atoms with Gasteiger partial charge in [0.2, 0.25) is 10.0 Å². The third-order valence-corrected chi connectivity index (χ3v) is 6.14. The number of carbonyl (C=O) groups excluding carboxylic acids is 1. The third kappa shape index (κ3) is 4.19. The minimum Gasteiger partial charge on any atom is -0.365 e. The Balaban J connectivity index is 1.81. The first kappa shape index (κ1) is 15.8. The van der Waals surface area contributed by atoms with Crippen LogP contribution in [0.15, 0.2) is 0 Å². The lowest BCUT2D eigenvalue weighted by Gasteiger charge is -2.26. The Labute approximate surface area is 121 Å². The van der Waals surface area contributed by atoms with Gasteiger partial charge in [0.25, 0.3) is 5.91 Å². The predicted molar refractivity (Wildman–Crippen MR) is 76.7 cm³/mol. The van der Waals surface area contributed by atoms with Crippen LogP contribution in [0.4, 0.5) is 0 Å². The molecule has 0 aromatic carbocycles. The van der Waals surface area contributed by atoms with E-state index in [4.69, 9.17) is 4.74 Å². The molecule has 1 amide bonds. The van der Waals surface area contributed by atoms with Gasteiger partial charge >= 0.3 is 0 Å². The predicted octanol–water partition coefficient (Wildman–Crippen LogP) is 2.11. The van der Waals surface area contributed by atoms with Crippen LogP contribution < -0.4 is 4.72 Å². The normalized spacial score (nSPS) is 23.6. The number of hydrogen-bond donors (Lipinski definition) is 1. The summed E-state index contributed by atoms with van der Waals surface area (Å²) in [7, 11) is -3.50. The van der Waals surface area contributed by atoms with Crippen molar-refractivity contribution < 1.29 is 17.9 Å². The van der Waals surface area contributed by atoms with Gasteiger partial charge in [-0.3, -0.25) is 9.52 Å². The second-order valence-electron chi connectivity index (χ2n) is 5.96. The van der Waals surface area contributed by atoms with E-state index in [9.17, 15) is 13.2 Å².